The molecule has 4 radical (unpaired) electrons. The molecule has 0 heteroatoms. The van der Waals surface area contributed by atoms with Crippen molar-refractivity contribution in [2.24, 2.45) is 0 Å². The summed E-state index contributed by atoms with van der Waals surface area (Å²) >= 11 is 0. The van der Waals surface area contributed by atoms with E-state index in [1.54, 1.807) is 0 Å². The second kappa shape index (κ2) is 9.80. The highest BCUT2D eigenvalue weighted by molar-refractivity contribution is 5.23. The van der Waals surface area contributed by atoms with Gasteiger partial charge in [0.1, 0.15) is 0 Å². The highest BCUT2D eigenvalue weighted by atomic mass is 14.0. The first-order chi connectivity index (χ1) is 9.58. The highest BCUT2D eigenvalue weighted by Crippen LogP contribution is 2.14. The molecule has 0 saturated carbocycles. The average Bonchev–Trinajstić information content (AvgIpc) is 2.37. The largest absolute Gasteiger partial charge is 0.0847 e. The van der Waals surface area contributed by atoms with Crippen LogP contribution in [0.5, 0.6) is 0 Å². The summed E-state index contributed by atoms with van der Waals surface area (Å²) in [4.78, 5) is 0. The summed E-state index contributed by atoms with van der Waals surface area (Å²) in [7, 11) is 0. The summed E-state index contributed by atoms with van der Waals surface area (Å²) in [5.41, 5.74) is 5.47. The van der Waals surface area contributed by atoms with Gasteiger partial charge in [-0.2, -0.15) is 0 Å². The quantitative estimate of drug-likeness (QED) is 0.493. The predicted octanol–water partition coefficient (Wildman–Crippen LogP) is 6.16. The lowest BCUT2D eigenvalue weighted by atomic mass is 10.0. The standard InChI is InChI=1S/C20H28/c1-17-9-5-11-18(2)13-7-15-20(4)16-8-14-19(3)12-6-10-17/h9-16H,5-8H2,1-4H3/b17-9-,18-13-,19-12-,20-16+. The van der Waals surface area contributed by atoms with Crippen LogP contribution < -0.4 is 0 Å². The molecule has 0 bridgehead atoms. The maximum absolute atomic E-state index is 2.30. The summed E-state index contributed by atoms with van der Waals surface area (Å²) in [6, 6.07) is 0. The van der Waals surface area contributed by atoms with E-state index in [1.165, 1.54) is 22.3 Å². The minimum Gasteiger partial charge on any atom is -0.0847 e. The van der Waals surface area contributed by atoms with Crippen LogP contribution in [0.3, 0.4) is 0 Å². The summed E-state index contributed by atoms with van der Waals surface area (Å²) in [5.74, 6) is 0. The maximum Gasteiger partial charge on any atom is -0.0103 e. The van der Waals surface area contributed by atoms with E-state index in [-0.39, 0.29) is 0 Å². The molecule has 0 nitrogen and oxygen atoms in total. The van der Waals surface area contributed by atoms with Crippen LogP contribution in [-0.4, -0.2) is 0 Å². The SMILES string of the molecule is C/C1=C/C[CH]/C(C)=C\C[CH]/C(C)=C/C[CH]/C(C)=C\C[CH]1. The Balaban J connectivity index is 2.65. The van der Waals surface area contributed by atoms with Crippen molar-refractivity contribution in [3.8, 4) is 0 Å². The van der Waals surface area contributed by atoms with E-state index in [4.69, 9.17) is 0 Å². The van der Waals surface area contributed by atoms with E-state index in [9.17, 15) is 0 Å². The number of hydrogen-bond donors (Lipinski definition) is 0. The first-order valence-corrected chi connectivity index (χ1v) is 7.58. The van der Waals surface area contributed by atoms with Crippen molar-refractivity contribution in [2.45, 2.75) is 53.4 Å². The number of hydrogen-bond acceptors (Lipinski definition) is 0. The van der Waals surface area contributed by atoms with E-state index in [2.05, 4.69) is 77.7 Å². The zero-order valence-electron chi connectivity index (χ0n) is 13.4. The van der Waals surface area contributed by atoms with Crippen LogP contribution in [0.4, 0.5) is 0 Å². The van der Waals surface area contributed by atoms with Gasteiger partial charge in [0, 0.05) is 0 Å². The van der Waals surface area contributed by atoms with Gasteiger partial charge in [-0.3, -0.25) is 0 Å². The monoisotopic (exact) mass is 268 g/mol. The minimum absolute atomic E-state index is 1.02. The fourth-order valence-electron chi connectivity index (χ4n) is 2.06. The molecular weight excluding hydrogens is 240 g/mol. The van der Waals surface area contributed by atoms with E-state index < -0.39 is 0 Å². The van der Waals surface area contributed by atoms with Crippen molar-refractivity contribution >= 4 is 0 Å². The van der Waals surface area contributed by atoms with Crippen LogP contribution >= 0.6 is 0 Å². The van der Waals surface area contributed by atoms with Crippen molar-refractivity contribution in [1.82, 2.24) is 0 Å². The Morgan fingerprint density at radius 2 is 0.650 bits per heavy atom. The lowest BCUT2D eigenvalue weighted by molar-refractivity contribution is 1.09. The van der Waals surface area contributed by atoms with Gasteiger partial charge in [-0.1, -0.05) is 46.6 Å². The summed E-state index contributed by atoms with van der Waals surface area (Å²) in [6.45, 7) is 8.73. The average molecular weight is 268 g/mol. The van der Waals surface area contributed by atoms with Gasteiger partial charge in [0.2, 0.25) is 0 Å². The van der Waals surface area contributed by atoms with Crippen LogP contribution in [0, 0.1) is 25.7 Å². The molecule has 0 N–H and O–H groups in total. The lowest BCUT2D eigenvalue weighted by Crippen LogP contribution is -1.86. The Morgan fingerprint density at radius 3 is 0.850 bits per heavy atom. The molecule has 1 aliphatic rings. The molecule has 0 spiro atoms. The van der Waals surface area contributed by atoms with Gasteiger partial charge in [0.05, 0.1) is 0 Å². The smallest absolute Gasteiger partial charge is 0.0103 e. The van der Waals surface area contributed by atoms with Crippen molar-refractivity contribution in [3.05, 3.63) is 72.3 Å². The Hall–Kier alpha value is -1.04. The molecule has 0 aromatic rings. The highest BCUT2D eigenvalue weighted by Gasteiger charge is 1.96. The molecule has 1 aliphatic carbocycles. The fourth-order valence-corrected chi connectivity index (χ4v) is 2.06. The molecular formula is C20H28. The van der Waals surface area contributed by atoms with E-state index in [0.717, 1.165) is 25.7 Å². The predicted molar refractivity (Wildman–Crippen MR) is 90.7 cm³/mol. The molecule has 0 amide bonds. The van der Waals surface area contributed by atoms with E-state index in [1.807, 2.05) is 0 Å². The molecule has 0 aliphatic heterocycles. The van der Waals surface area contributed by atoms with Crippen molar-refractivity contribution in [3.63, 3.8) is 0 Å². The molecule has 0 heterocycles. The van der Waals surface area contributed by atoms with Crippen LogP contribution in [0.15, 0.2) is 46.6 Å². The van der Waals surface area contributed by atoms with Crippen LogP contribution in [-0.2, 0) is 0 Å². The van der Waals surface area contributed by atoms with E-state index in [0.29, 0.717) is 0 Å². The third-order valence-corrected chi connectivity index (χ3v) is 3.52. The van der Waals surface area contributed by atoms with Gasteiger partial charge in [0.15, 0.2) is 0 Å². The van der Waals surface area contributed by atoms with Gasteiger partial charge in [0.25, 0.3) is 0 Å². The first-order valence-electron chi connectivity index (χ1n) is 7.58. The summed E-state index contributed by atoms with van der Waals surface area (Å²) in [6.07, 6.45) is 22.5. The molecule has 0 aromatic carbocycles. The van der Waals surface area contributed by atoms with Crippen molar-refractivity contribution < 1.29 is 0 Å². The number of rotatable bonds is 0. The second-order valence-corrected chi connectivity index (χ2v) is 5.55. The van der Waals surface area contributed by atoms with Gasteiger partial charge in [-0.05, 0) is 79.1 Å². The molecule has 0 aromatic heterocycles. The zero-order valence-corrected chi connectivity index (χ0v) is 13.4. The Labute approximate surface area is 126 Å². The molecule has 20 heavy (non-hydrogen) atoms. The van der Waals surface area contributed by atoms with Crippen LogP contribution in [0.2, 0.25) is 0 Å². The fraction of sp³-hybridized carbons (Fsp3) is 0.400. The molecule has 0 saturated heterocycles. The van der Waals surface area contributed by atoms with Gasteiger partial charge >= 0.3 is 0 Å². The van der Waals surface area contributed by atoms with Crippen molar-refractivity contribution in [1.29, 1.82) is 0 Å². The molecule has 0 fully saturated rings. The Bertz CT molecular complexity index is 322. The van der Waals surface area contributed by atoms with Crippen molar-refractivity contribution in [2.75, 3.05) is 0 Å². The molecule has 0 unspecified atom stereocenters. The maximum atomic E-state index is 2.30. The van der Waals surface area contributed by atoms with Crippen LogP contribution in [0.1, 0.15) is 53.4 Å². The normalized spacial score (nSPS) is 31.0. The lowest BCUT2D eigenvalue weighted by Gasteiger charge is -2.04. The summed E-state index contributed by atoms with van der Waals surface area (Å²) in [5, 5.41) is 0. The van der Waals surface area contributed by atoms with E-state index >= 15 is 0 Å². The van der Waals surface area contributed by atoms with Crippen LogP contribution in [0.25, 0.3) is 0 Å². The van der Waals surface area contributed by atoms with Gasteiger partial charge < -0.3 is 0 Å². The Morgan fingerprint density at radius 1 is 0.450 bits per heavy atom. The Kier molecular flexibility index (Phi) is 8.34. The molecule has 108 valence electrons. The van der Waals surface area contributed by atoms with Gasteiger partial charge in [-0.25, -0.2) is 0 Å². The minimum atomic E-state index is 1.02. The molecule has 0 atom stereocenters. The molecule has 1 rings (SSSR count). The number of allylic oxidation sites excluding steroid dienone is 8. The zero-order chi connectivity index (χ0) is 14.8. The topological polar surface area (TPSA) is 0 Å². The second-order valence-electron chi connectivity index (χ2n) is 5.55. The first kappa shape index (κ1) is 17.0. The third kappa shape index (κ3) is 8.19. The third-order valence-electron chi connectivity index (χ3n) is 3.52. The summed E-state index contributed by atoms with van der Waals surface area (Å²) < 4.78 is 0. The van der Waals surface area contributed by atoms with Gasteiger partial charge in [-0.15, -0.1) is 0 Å².